The lowest BCUT2D eigenvalue weighted by Gasteiger charge is -2.25. The van der Waals surface area contributed by atoms with E-state index in [2.05, 4.69) is 10.2 Å². The monoisotopic (exact) mass is 266 g/mol. The molecule has 4 heteroatoms. The van der Waals surface area contributed by atoms with E-state index in [1.807, 2.05) is 0 Å². The highest BCUT2D eigenvalue weighted by Gasteiger charge is 2.27. The fraction of sp³-hybridized carbons (Fsp3) is 0.600. The number of hydrogen-bond donors (Lipinski definition) is 1. The Morgan fingerprint density at radius 3 is 2.53 bits per heavy atom. The molecule has 0 radical (unpaired) electrons. The van der Waals surface area contributed by atoms with Crippen molar-refractivity contribution in [2.24, 2.45) is 0 Å². The molecule has 0 amide bonds. The van der Waals surface area contributed by atoms with Crippen molar-refractivity contribution in [3.8, 4) is 0 Å². The van der Waals surface area contributed by atoms with E-state index < -0.39 is 11.6 Å². The molecule has 19 heavy (non-hydrogen) atoms. The number of likely N-dealkylation sites (tertiary alicyclic amines) is 1. The highest BCUT2D eigenvalue weighted by molar-refractivity contribution is 5.18. The molecule has 1 saturated carbocycles. The number of halogens is 2. The molecule has 1 N–H and O–H groups in total. The molecule has 1 heterocycles. The van der Waals surface area contributed by atoms with Crippen molar-refractivity contribution < 1.29 is 8.78 Å². The summed E-state index contributed by atoms with van der Waals surface area (Å²) in [6.07, 6.45) is 4.94. The highest BCUT2D eigenvalue weighted by Crippen LogP contribution is 2.23. The lowest BCUT2D eigenvalue weighted by molar-refractivity contribution is 0.238. The van der Waals surface area contributed by atoms with Gasteiger partial charge in [0.15, 0.2) is 0 Å². The molecule has 1 aromatic rings. The van der Waals surface area contributed by atoms with Crippen LogP contribution < -0.4 is 5.32 Å². The summed E-state index contributed by atoms with van der Waals surface area (Å²) in [4.78, 5) is 2.34. The van der Waals surface area contributed by atoms with Crippen LogP contribution in [-0.2, 0) is 6.54 Å². The van der Waals surface area contributed by atoms with Gasteiger partial charge < -0.3 is 5.32 Å². The zero-order chi connectivity index (χ0) is 13.2. The quantitative estimate of drug-likeness (QED) is 0.881. The van der Waals surface area contributed by atoms with Gasteiger partial charge in [-0.3, -0.25) is 4.90 Å². The summed E-state index contributed by atoms with van der Waals surface area (Å²) in [5.41, 5.74) is 0.732. The Labute approximate surface area is 112 Å². The van der Waals surface area contributed by atoms with Gasteiger partial charge >= 0.3 is 0 Å². The van der Waals surface area contributed by atoms with Gasteiger partial charge in [-0.25, -0.2) is 8.78 Å². The first-order chi connectivity index (χ1) is 9.20. The summed E-state index contributed by atoms with van der Waals surface area (Å²) in [7, 11) is 0. The fourth-order valence-electron chi connectivity index (χ4n) is 2.86. The molecule has 1 unspecified atom stereocenters. The Kier molecular flexibility index (Phi) is 3.80. The first kappa shape index (κ1) is 13.0. The van der Waals surface area contributed by atoms with Gasteiger partial charge in [0, 0.05) is 31.2 Å². The van der Waals surface area contributed by atoms with Crippen LogP contribution in [0.4, 0.5) is 8.78 Å². The summed E-state index contributed by atoms with van der Waals surface area (Å²) in [6, 6.07) is 5.03. The maximum absolute atomic E-state index is 13.2. The van der Waals surface area contributed by atoms with Gasteiger partial charge in [0.1, 0.15) is 11.6 Å². The van der Waals surface area contributed by atoms with E-state index in [1.165, 1.54) is 37.8 Å². The van der Waals surface area contributed by atoms with Gasteiger partial charge in [0.2, 0.25) is 0 Å². The average molecular weight is 266 g/mol. The van der Waals surface area contributed by atoms with Crippen LogP contribution in [0.15, 0.2) is 18.2 Å². The number of nitrogens with zero attached hydrogens (tertiary/aromatic N) is 1. The van der Waals surface area contributed by atoms with Crippen LogP contribution in [-0.4, -0.2) is 30.1 Å². The second-order valence-corrected chi connectivity index (χ2v) is 5.73. The van der Waals surface area contributed by atoms with Crippen molar-refractivity contribution in [2.45, 2.75) is 44.3 Å². The molecular weight excluding hydrogens is 246 g/mol. The minimum atomic E-state index is -0.484. The smallest absolute Gasteiger partial charge is 0.126 e. The highest BCUT2D eigenvalue weighted by atomic mass is 19.1. The lowest BCUT2D eigenvalue weighted by atomic mass is 10.1. The van der Waals surface area contributed by atoms with Crippen molar-refractivity contribution in [1.29, 1.82) is 0 Å². The van der Waals surface area contributed by atoms with Gasteiger partial charge in [-0.15, -0.1) is 0 Å². The predicted molar refractivity (Wildman–Crippen MR) is 70.8 cm³/mol. The number of benzene rings is 1. The average Bonchev–Trinajstić information content (AvgIpc) is 3.07. The molecule has 0 bridgehead atoms. The Morgan fingerprint density at radius 2 is 1.84 bits per heavy atom. The second-order valence-electron chi connectivity index (χ2n) is 5.73. The Balaban J connectivity index is 1.60. The second kappa shape index (κ2) is 5.55. The predicted octanol–water partition coefficient (Wildman–Crippen LogP) is 2.68. The largest absolute Gasteiger partial charge is 0.312 e. The molecule has 1 aliphatic heterocycles. The molecule has 1 aliphatic carbocycles. The summed E-state index contributed by atoms with van der Waals surface area (Å²) in [6.45, 7) is 2.67. The first-order valence-corrected chi connectivity index (χ1v) is 7.13. The van der Waals surface area contributed by atoms with E-state index in [9.17, 15) is 8.78 Å². The maximum atomic E-state index is 13.2. The molecule has 3 rings (SSSR count). The van der Waals surface area contributed by atoms with E-state index in [4.69, 9.17) is 0 Å². The first-order valence-electron chi connectivity index (χ1n) is 7.13. The zero-order valence-electron chi connectivity index (χ0n) is 11.0. The van der Waals surface area contributed by atoms with Crippen LogP contribution in [0, 0.1) is 11.6 Å². The van der Waals surface area contributed by atoms with Crippen molar-refractivity contribution >= 4 is 0 Å². The Bertz CT molecular complexity index is 426. The molecule has 2 aliphatic rings. The Morgan fingerprint density at radius 1 is 1.11 bits per heavy atom. The molecule has 1 aromatic carbocycles. The molecule has 1 saturated heterocycles. The Hall–Kier alpha value is -1.00. The van der Waals surface area contributed by atoms with E-state index in [0.29, 0.717) is 18.6 Å². The number of nitrogens with one attached hydrogen (secondary N) is 1. The van der Waals surface area contributed by atoms with Gasteiger partial charge in [0.05, 0.1) is 0 Å². The molecule has 1 atom stereocenters. The normalized spacial score (nSPS) is 24.0. The summed E-state index contributed by atoms with van der Waals surface area (Å²) >= 11 is 0. The van der Waals surface area contributed by atoms with E-state index in [1.54, 1.807) is 0 Å². The van der Waals surface area contributed by atoms with Crippen LogP contribution in [0.5, 0.6) is 0 Å². The summed E-state index contributed by atoms with van der Waals surface area (Å²) < 4.78 is 26.4. The minimum Gasteiger partial charge on any atom is -0.312 e. The third kappa shape index (κ3) is 3.51. The lowest BCUT2D eigenvalue weighted by Crippen LogP contribution is -2.38. The van der Waals surface area contributed by atoms with Crippen LogP contribution in [0.2, 0.25) is 0 Å². The van der Waals surface area contributed by atoms with Crippen molar-refractivity contribution in [1.82, 2.24) is 10.2 Å². The standard InChI is InChI=1S/C15H20F2N2/c16-12-6-11(7-13(17)8-12)10-19-5-1-2-15(19)9-18-14-3-4-14/h6-8,14-15,18H,1-5,9-10H2. The third-order valence-corrected chi connectivity index (χ3v) is 4.03. The van der Waals surface area contributed by atoms with Crippen molar-refractivity contribution in [3.05, 3.63) is 35.4 Å². The third-order valence-electron chi connectivity index (χ3n) is 4.03. The van der Waals surface area contributed by atoms with Crippen LogP contribution in [0.1, 0.15) is 31.2 Å². The zero-order valence-corrected chi connectivity index (χ0v) is 11.0. The minimum absolute atomic E-state index is 0.484. The van der Waals surface area contributed by atoms with Crippen LogP contribution in [0.25, 0.3) is 0 Å². The van der Waals surface area contributed by atoms with Gasteiger partial charge in [0.25, 0.3) is 0 Å². The molecule has 104 valence electrons. The van der Waals surface area contributed by atoms with Gasteiger partial charge in [-0.1, -0.05) is 0 Å². The SMILES string of the molecule is Fc1cc(F)cc(CN2CCCC2CNC2CC2)c1. The number of rotatable bonds is 5. The number of hydrogen-bond acceptors (Lipinski definition) is 2. The van der Waals surface area contributed by atoms with Crippen LogP contribution >= 0.6 is 0 Å². The van der Waals surface area contributed by atoms with Crippen molar-refractivity contribution in [2.75, 3.05) is 13.1 Å². The molecule has 2 nitrogen and oxygen atoms in total. The van der Waals surface area contributed by atoms with Gasteiger partial charge in [-0.2, -0.15) is 0 Å². The summed E-state index contributed by atoms with van der Waals surface area (Å²) in [5, 5.41) is 3.55. The fourth-order valence-corrected chi connectivity index (χ4v) is 2.86. The maximum Gasteiger partial charge on any atom is 0.126 e. The van der Waals surface area contributed by atoms with Crippen molar-refractivity contribution in [3.63, 3.8) is 0 Å². The van der Waals surface area contributed by atoms with Crippen LogP contribution in [0.3, 0.4) is 0 Å². The molecule has 0 spiro atoms. The summed E-state index contributed by atoms with van der Waals surface area (Å²) in [5.74, 6) is -0.969. The van der Waals surface area contributed by atoms with Gasteiger partial charge in [-0.05, 0) is 49.9 Å². The topological polar surface area (TPSA) is 15.3 Å². The molecular formula is C15H20F2N2. The van der Waals surface area contributed by atoms with E-state index in [0.717, 1.165) is 24.7 Å². The molecule has 0 aromatic heterocycles. The molecule has 2 fully saturated rings. The van der Waals surface area contributed by atoms with E-state index in [-0.39, 0.29) is 0 Å². The van der Waals surface area contributed by atoms with E-state index >= 15 is 0 Å².